The molecule has 0 spiro atoms. The van der Waals surface area contributed by atoms with Crippen molar-refractivity contribution in [2.24, 2.45) is 0 Å². The first-order valence-electron chi connectivity index (χ1n) is 16.2. The molecule has 0 aromatic heterocycles. The van der Waals surface area contributed by atoms with Crippen molar-refractivity contribution >= 4 is 16.1 Å². The maximum absolute atomic E-state index is 2.67. The number of benzene rings is 4. The Hall–Kier alpha value is -2.95. The molecular weight excluding hydrogens is 537 g/mol. The quantitative estimate of drug-likeness (QED) is 0.150. The Morgan fingerprint density at radius 3 is 1.43 bits per heavy atom. The molecule has 0 bridgehead atoms. The zero-order valence-electron chi connectivity index (χ0n) is 26.6. The fourth-order valence-electron chi connectivity index (χ4n) is 9.30. The smallest absolute Gasteiger partial charge is 0.0521 e. The third-order valence-electron chi connectivity index (χ3n) is 10.7. The minimum Gasteiger partial charge on any atom is -0.0691 e. The van der Waals surface area contributed by atoms with Crippen molar-refractivity contribution in [2.75, 3.05) is 0 Å². The highest BCUT2D eigenvalue weighted by molar-refractivity contribution is 6.85. The lowest BCUT2D eigenvalue weighted by Gasteiger charge is -2.60. The fourth-order valence-corrected chi connectivity index (χ4v) is 17.2. The number of unbranched alkanes of at least 4 members (excludes halogenated alkanes) is 1. The average Bonchev–Trinajstić information content (AvgIpc) is 3.41. The zero-order valence-corrected chi connectivity index (χ0v) is 28.6. The monoisotopic (exact) mass is 582 g/mol. The molecule has 4 aromatic rings. The van der Waals surface area contributed by atoms with Gasteiger partial charge in [0, 0.05) is 11.3 Å². The Kier molecular flexibility index (Phi) is 6.49. The number of hydrogen-bond acceptors (Lipinski definition) is 0. The Labute approximate surface area is 255 Å². The van der Waals surface area contributed by atoms with Crippen LogP contribution in [0.15, 0.2) is 108 Å². The Balaban J connectivity index is 1.63. The molecule has 0 amide bonds. The van der Waals surface area contributed by atoms with E-state index in [-0.39, 0.29) is 5.41 Å². The van der Waals surface area contributed by atoms with Gasteiger partial charge in [-0.25, -0.2) is 0 Å². The van der Waals surface area contributed by atoms with Crippen LogP contribution in [0.2, 0.25) is 50.4 Å². The van der Waals surface area contributed by atoms with Gasteiger partial charge in [0.2, 0.25) is 0 Å². The van der Waals surface area contributed by atoms with Gasteiger partial charge in [0.05, 0.1) is 16.1 Å². The predicted molar refractivity (Wildman–Crippen MR) is 187 cm³/mol. The van der Waals surface area contributed by atoms with Crippen molar-refractivity contribution < 1.29 is 0 Å². The summed E-state index contributed by atoms with van der Waals surface area (Å²) >= 11 is 0. The molecule has 42 heavy (non-hydrogen) atoms. The van der Waals surface area contributed by atoms with Crippen molar-refractivity contribution in [1.82, 2.24) is 0 Å². The lowest BCUT2D eigenvalue weighted by molar-refractivity contribution is 0.466. The van der Waals surface area contributed by atoms with Gasteiger partial charge < -0.3 is 0 Å². The highest BCUT2D eigenvalue weighted by Crippen LogP contribution is 2.73. The second-order valence-electron chi connectivity index (χ2n) is 15.3. The van der Waals surface area contributed by atoms with Crippen LogP contribution >= 0.6 is 0 Å². The first kappa shape index (κ1) is 27.9. The molecule has 0 N–H and O–H groups in total. The predicted octanol–water partition coefficient (Wildman–Crippen LogP) is 11.7. The third-order valence-corrected chi connectivity index (χ3v) is 16.1. The van der Waals surface area contributed by atoms with Gasteiger partial charge >= 0.3 is 0 Å². The maximum Gasteiger partial charge on any atom is 0.0521 e. The van der Waals surface area contributed by atoms with E-state index in [1.807, 2.05) is 11.1 Å². The summed E-state index contributed by atoms with van der Waals surface area (Å²) in [5.41, 5.74) is 17.0. The molecule has 0 saturated heterocycles. The van der Waals surface area contributed by atoms with E-state index >= 15 is 0 Å². The van der Waals surface area contributed by atoms with Crippen LogP contribution in [0, 0.1) is 0 Å². The van der Waals surface area contributed by atoms with Crippen LogP contribution in [0.25, 0.3) is 22.3 Å². The van der Waals surface area contributed by atoms with Gasteiger partial charge in [0.25, 0.3) is 0 Å². The van der Waals surface area contributed by atoms with E-state index in [9.17, 15) is 0 Å². The molecule has 0 unspecified atom stereocenters. The van der Waals surface area contributed by atoms with E-state index in [1.165, 1.54) is 52.6 Å². The minimum absolute atomic E-state index is 0.0495. The van der Waals surface area contributed by atoms with Crippen LogP contribution in [0.4, 0.5) is 0 Å². The summed E-state index contributed by atoms with van der Waals surface area (Å²) in [6.45, 7) is 18.3. The Morgan fingerprint density at radius 2 is 0.976 bits per heavy atom. The summed E-state index contributed by atoms with van der Waals surface area (Å²) in [6.07, 6.45) is 3.66. The molecule has 0 fully saturated rings. The minimum atomic E-state index is -1.61. The molecule has 3 aliphatic rings. The highest BCUT2D eigenvalue weighted by atomic mass is 28.3. The van der Waals surface area contributed by atoms with Crippen LogP contribution in [0.1, 0.15) is 54.4 Å². The molecule has 4 aromatic carbocycles. The molecule has 3 aliphatic carbocycles. The lowest BCUT2D eigenvalue weighted by atomic mass is 9.59. The van der Waals surface area contributed by atoms with Gasteiger partial charge in [0.15, 0.2) is 0 Å². The molecule has 7 rings (SSSR count). The van der Waals surface area contributed by atoms with Crippen LogP contribution in [0.5, 0.6) is 0 Å². The standard InChI is InChI=1S/C40H46Si2/c1-8-9-26-40(33-24-16-14-20-29(33)30-21-15-17-25-34(30)40)37-36(38(41(2,3)4)39(37)42(5,6)7)35-31-22-12-10-18-27(31)28-19-11-13-23-32(28)35/h10-25,35,38-39H,8-9,26H2,1-7H3/t38-,39-/m1/s1. The van der Waals surface area contributed by atoms with Gasteiger partial charge in [0.1, 0.15) is 0 Å². The van der Waals surface area contributed by atoms with E-state index in [0.29, 0.717) is 17.0 Å². The Bertz CT molecular complexity index is 1620. The van der Waals surface area contributed by atoms with E-state index in [2.05, 4.69) is 143 Å². The van der Waals surface area contributed by atoms with E-state index < -0.39 is 16.1 Å². The summed E-state index contributed by atoms with van der Waals surface area (Å²) in [5.74, 6) is 0.357. The summed E-state index contributed by atoms with van der Waals surface area (Å²) < 4.78 is 0. The highest BCUT2D eigenvalue weighted by Gasteiger charge is 2.62. The van der Waals surface area contributed by atoms with E-state index in [4.69, 9.17) is 0 Å². The molecule has 0 nitrogen and oxygen atoms in total. The number of rotatable bonds is 7. The fraction of sp³-hybridized carbons (Fsp3) is 0.350. The summed E-state index contributed by atoms with van der Waals surface area (Å²) in [5, 5.41) is 0. The van der Waals surface area contributed by atoms with Crippen molar-refractivity contribution in [2.45, 2.75) is 87.9 Å². The summed E-state index contributed by atoms with van der Waals surface area (Å²) in [7, 11) is -3.19. The zero-order chi connectivity index (χ0) is 29.4. The molecule has 2 heteroatoms. The van der Waals surface area contributed by atoms with Gasteiger partial charge in [-0.1, -0.05) is 167 Å². The molecule has 0 saturated carbocycles. The number of allylic oxidation sites excluding steroid dienone is 2. The number of hydrogen-bond donors (Lipinski definition) is 0. The first-order chi connectivity index (χ1) is 20.1. The molecular formula is C40H46Si2. The molecule has 2 atom stereocenters. The average molecular weight is 583 g/mol. The normalized spacial score (nSPS) is 20.5. The van der Waals surface area contributed by atoms with Crippen LogP contribution in [-0.2, 0) is 5.41 Å². The summed E-state index contributed by atoms with van der Waals surface area (Å²) in [6, 6.07) is 37.6. The second-order valence-corrected chi connectivity index (χ2v) is 26.0. The lowest BCUT2D eigenvalue weighted by Crippen LogP contribution is -2.54. The van der Waals surface area contributed by atoms with Gasteiger partial charge in [-0.3, -0.25) is 0 Å². The van der Waals surface area contributed by atoms with E-state index in [1.54, 1.807) is 11.1 Å². The van der Waals surface area contributed by atoms with Crippen molar-refractivity contribution in [3.63, 3.8) is 0 Å². The van der Waals surface area contributed by atoms with Crippen molar-refractivity contribution in [3.05, 3.63) is 130 Å². The van der Waals surface area contributed by atoms with Crippen LogP contribution < -0.4 is 0 Å². The first-order valence-corrected chi connectivity index (χ1v) is 23.4. The van der Waals surface area contributed by atoms with E-state index in [0.717, 1.165) is 0 Å². The Morgan fingerprint density at radius 1 is 0.548 bits per heavy atom. The van der Waals surface area contributed by atoms with Gasteiger partial charge in [-0.2, -0.15) is 0 Å². The van der Waals surface area contributed by atoms with Crippen LogP contribution in [0.3, 0.4) is 0 Å². The van der Waals surface area contributed by atoms with Crippen molar-refractivity contribution in [3.8, 4) is 22.3 Å². The van der Waals surface area contributed by atoms with Gasteiger partial charge in [-0.05, 0) is 62.0 Å². The largest absolute Gasteiger partial charge is 0.0691 e. The molecule has 0 radical (unpaired) electrons. The van der Waals surface area contributed by atoms with Gasteiger partial charge in [-0.15, -0.1) is 0 Å². The third kappa shape index (κ3) is 3.84. The molecule has 0 aliphatic heterocycles. The molecule has 0 heterocycles. The second kappa shape index (κ2) is 9.79. The SMILES string of the molecule is CCCCC1(C2=C(C3c4ccccc4-c4ccccc43)[C@@H]([Si](C)(C)C)[C@@H]2[Si](C)(C)C)c2ccccc2-c2ccccc21. The maximum atomic E-state index is 2.67. The summed E-state index contributed by atoms with van der Waals surface area (Å²) in [4.78, 5) is 0. The molecule has 214 valence electrons. The van der Waals surface area contributed by atoms with Crippen molar-refractivity contribution in [1.29, 1.82) is 0 Å². The van der Waals surface area contributed by atoms with Crippen LogP contribution in [-0.4, -0.2) is 16.1 Å². The topological polar surface area (TPSA) is 0 Å². The number of fused-ring (bicyclic) bond motifs is 6.